The summed E-state index contributed by atoms with van der Waals surface area (Å²) in [5, 5.41) is 19.1. The summed E-state index contributed by atoms with van der Waals surface area (Å²) in [5.41, 5.74) is 0.542. The van der Waals surface area contributed by atoms with Crippen LogP contribution >= 0.6 is 0 Å². The van der Waals surface area contributed by atoms with Crippen LogP contribution in [0, 0.1) is 5.92 Å². The Labute approximate surface area is 158 Å². The highest BCUT2D eigenvalue weighted by Crippen LogP contribution is 2.19. The van der Waals surface area contributed by atoms with Gasteiger partial charge in [-0.25, -0.2) is 0 Å². The van der Waals surface area contributed by atoms with Crippen molar-refractivity contribution in [2.24, 2.45) is 10.9 Å². The molecule has 9 heteroatoms. The van der Waals surface area contributed by atoms with Gasteiger partial charge in [0.15, 0.2) is 5.96 Å². The number of carbonyl (C=O) groups excluding carboxylic acids is 1. The third-order valence-corrected chi connectivity index (χ3v) is 3.50. The topological polar surface area (TPSA) is 95.0 Å². The Hall–Kier alpha value is -2.42. The standard InChI is InChI=1S/C18H28F2N4O3/c1-4-21-18(23-10-9-22-16(26)12(2)3)24-11-15(25)13-5-7-14(8-6-13)27-17(19)20/h5-8,12,15,17,25H,4,9-11H2,1-3H3,(H,22,26)(H2,21,23,24). The Morgan fingerprint density at radius 2 is 1.78 bits per heavy atom. The number of hydrogen-bond donors (Lipinski definition) is 4. The van der Waals surface area contributed by atoms with E-state index in [0.29, 0.717) is 31.2 Å². The highest BCUT2D eigenvalue weighted by molar-refractivity contribution is 5.80. The third-order valence-electron chi connectivity index (χ3n) is 3.50. The Balaban J connectivity index is 2.51. The molecule has 0 bridgehead atoms. The molecule has 0 fully saturated rings. The Bertz CT molecular complexity index is 595. The summed E-state index contributed by atoms with van der Waals surface area (Å²) in [7, 11) is 0. The van der Waals surface area contributed by atoms with Crippen molar-refractivity contribution in [3.63, 3.8) is 0 Å². The molecule has 0 saturated heterocycles. The molecule has 4 N–H and O–H groups in total. The fraction of sp³-hybridized carbons (Fsp3) is 0.556. The molecule has 1 rings (SSSR count). The van der Waals surface area contributed by atoms with Gasteiger partial charge in [-0.3, -0.25) is 9.79 Å². The number of amides is 1. The molecule has 1 aromatic rings. The van der Waals surface area contributed by atoms with Crippen molar-refractivity contribution in [3.8, 4) is 5.75 Å². The van der Waals surface area contributed by atoms with E-state index in [9.17, 15) is 18.7 Å². The minimum Gasteiger partial charge on any atom is -0.435 e. The van der Waals surface area contributed by atoms with Gasteiger partial charge in [-0.15, -0.1) is 0 Å². The summed E-state index contributed by atoms with van der Waals surface area (Å²) in [6, 6.07) is 5.77. The summed E-state index contributed by atoms with van der Waals surface area (Å²) in [5.74, 6) is 0.448. The molecule has 0 radical (unpaired) electrons. The lowest BCUT2D eigenvalue weighted by atomic mass is 10.1. The van der Waals surface area contributed by atoms with Crippen LogP contribution in [0.5, 0.6) is 5.75 Å². The van der Waals surface area contributed by atoms with Gasteiger partial charge < -0.3 is 25.8 Å². The van der Waals surface area contributed by atoms with Crippen LogP contribution in [0.25, 0.3) is 0 Å². The zero-order valence-electron chi connectivity index (χ0n) is 15.8. The number of aliphatic hydroxyl groups is 1. The number of benzene rings is 1. The number of rotatable bonds is 10. The molecule has 152 valence electrons. The van der Waals surface area contributed by atoms with Gasteiger partial charge in [0.2, 0.25) is 5.91 Å². The van der Waals surface area contributed by atoms with Gasteiger partial charge in [-0.05, 0) is 24.6 Å². The number of ether oxygens (including phenoxy) is 1. The molecule has 0 spiro atoms. The van der Waals surface area contributed by atoms with Gasteiger partial charge in [0, 0.05) is 25.6 Å². The number of aliphatic hydroxyl groups excluding tert-OH is 1. The second kappa shape index (κ2) is 12.1. The van der Waals surface area contributed by atoms with Crippen molar-refractivity contribution in [3.05, 3.63) is 29.8 Å². The average molecular weight is 386 g/mol. The molecule has 7 nitrogen and oxygen atoms in total. The van der Waals surface area contributed by atoms with Crippen LogP contribution in [0.1, 0.15) is 32.4 Å². The van der Waals surface area contributed by atoms with Crippen LogP contribution in [0.15, 0.2) is 29.3 Å². The average Bonchev–Trinajstić information content (AvgIpc) is 2.62. The molecule has 1 amide bonds. The predicted molar refractivity (Wildman–Crippen MR) is 99.9 cm³/mol. The predicted octanol–water partition coefficient (Wildman–Crippen LogP) is 1.65. The first-order chi connectivity index (χ1) is 12.8. The lowest BCUT2D eigenvalue weighted by molar-refractivity contribution is -0.123. The van der Waals surface area contributed by atoms with Crippen LogP contribution in [0.4, 0.5) is 8.78 Å². The number of nitrogens with one attached hydrogen (secondary N) is 3. The van der Waals surface area contributed by atoms with E-state index in [0.717, 1.165) is 0 Å². The minimum atomic E-state index is -2.88. The van der Waals surface area contributed by atoms with E-state index in [1.807, 2.05) is 20.8 Å². The quantitative estimate of drug-likeness (QED) is 0.279. The zero-order chi connectivity index (χ0) is 20.2. The smallest absolute Gasteiger partial charge is 0.387 e. The first kappa shape index (κ1) is 22.6. The number of guanidine groups is 1. The van der Waals surface area contributed by atoms with Crippen LogP contribution < -0.4 is 20.7 Å². The lowest BCUT2D eigenvalue weighted by Crippen LogP contribution is -2.42. The van der Waals surface area contributed by atoms with Gasteiger partial charge in [0.05, 0.1) is 12.6 Å². The van der Waals surface area contributed by atoms with E-state index < -0.39 is 12.7 Å². The maximum absolute atomic E-state index is 12.1. The zero-order valence-corrected chi connectivity index (χ0v) is 15.8. The van der Waals surface area contributed by atoms with E-state index in [1.165, 1.54) is 24.3 Å². The number of aliphatic imine (C=N–C) groups is 1. The summed E-state index contributed by atoms with van der Waals surface area (Å²) >= 11 is 0. The molecule has 1 unspecified atom stereocenters. The van der Waals surface area contributed by atoms with Gasteiger partial charge in [0.1, 0.15) is 5.75 Å². The maximum atomic E-state index is 12.1. The molecule has 0 aliphatic heterocycles. The van der Waals surface area contributed by atoms with Crippen LogP contribution in [-0.4, -0.2) is 49.8 Å². The third kappa shape index (κ3) is 9.18. The van der Waals surface area contributed by atoms with E-state index in [-0.39, 0.29) is 24.1 Å². The van der Waals surface area contributed by atoms with Gasteiger partial charge in [0.25, 0.3) is 0 Å². The van der Waals surface area contributed by atoms with Crippen LogP contribution in [0.3, 0.4) is 0 Å². The van der Waals surface area contributed by atoms with E-state index in [4.69, 9.17) is 0 Å². The fourth-order valence-corrected chi connectivity index (χ4v) is 2.07. The normalized spacial score (nSPS) is 12.8. The first-order valence-corrected chi connectivity index (χ1v) is 8.86. The second-order valence-electron chi connectivity index (χ2n) is 6.06. The summed E-state index contributed by atoms with van der Waals surface area (Å²) in [6.07, 6.45) is -0.887. The largest absolute Gasteiger partial charge is 0.435 e. The lowest BCUT2D eigenvalue weighted by Gasteiger charge is -2.14. The molecule has 27 heavy (non-hydrogen) atoms. The monoisotopic (exact) mass is 386 g/mol. The molecule has 1 atom stereocenters. The summed E-state index contributed by atoms with van der Waals surface area (Å²) in [6.45, 7) is 4.34. The number of carbonyl (C=O) groups is 1. The number of hydrogen-bond acceptors (Lipinski definition) is 4. The molecule has 1 aromatic carbocycles. The molecule has 0 heterocycles. The Morgan fingerprint density at radius 1 is 1.15 bits per heavy atom. The maximum Gasteiger partial charge on any atom is 0.387 e. The van der Waals surface area contributed by atoms with Crippen molar-refractivity contribution in [2.45, 2.75) is 33.5 Å². The number of halogens is 2. The molecule has 0 aromatic heterocycles. The van der Waals surface area contributed by atoms with E-state index in [1.54, 1.807) is 0 Å². The van der Waals surface area contributed by atoms with E-state index >= 15 is 0 Å². The SMILES string of the molecule is CCNC(=NCC(O)c1ccc(OC(F)F)cc1)NCCNC(=O)C(C)C. The van der Waals surface area contributed by atoms with Crippen molar-refractivity contribution < 1.29 is 23.4 Å². The van der Waals surface area contributed by atoms with E-state index in [2.05, 4.69) is 25.7 Å². The second-order valence-corrected chi connectivity index (χ2v) is 6.06. The minimum absolute atomic E-state index is 0.0200. The molecule has 0 saturated carbocycles. The highest BCUT2D eigenvalue weighted by atomic mass is 19.3. The Morgan fingerprint density at radius 3 is 2.33 bits per heavy atom. The van der Waals surface area contributed by atoms with Crippen LogP contribution in [-0.2, 0) is 4.79 Å². The number of nitrogens with zero attached hydrogens (tertiary/aromatic N) is 1. The molecule has 0 aliphatic rings. The first-order valence-electron chi connectivity index (χ1n) is 8.86. The van der Waals surface area contributed by atoms with Crippen molar-refractivity contribution in [1.82, 2.24) is 16.0 Å². The van der Waals surface area contributed by atoms with Gasteiger partial charge in [-0.1, -0.05) is 26.0 Å². The van der Waals surface area contributed by atoms with Crippen molar-refractivity contribution in [1.29, 1.82) is 0 Å². The summed E-state index contributed by atoms with van der Waals surface area (Å²) < 4.78 is 28.6. The molecule has 0 aliphatic carbocycles. The van der Waals surface area contributed by atoms with Crippen molar-refractivity contribution >= 4 is 11.9 Å². The molecular formula is C18H28F2N4O3. The summed E-state index contributed by atoms with van der Waals surface area (Å²) in [4.78, 5) is 15.8. The number of alkyl halides is 2. The highest BCUT2D eigenvalue weighted by Gasteiger charge is 2.10. The van der Waals surface area contributed by atoms with Crippen molar-refractivity contribution in [2.75, 3.05) is 26.2 Å². The van der Waals surface area contributed by atoms with Gasteiger partial charge in [-0.2, -0.15) is 8.78 Å². The Kier molecular flexibility index (Phi) is 10.1. The fourth-order valence-electron chi connectivity index (χ4n) is 2.07. The van der Waals surface area contributed by atoms with Gasteiger partial charge >= 0.3 is 6.61 Å². The van der Waals surface area contributed by atoms with Crippen LogP contribution in [0.2, 0.25) is 0 Å². The molecular weight excluding hydrogens is 358 g/mol.